The molecule has 0 aliphatic heterocycles. The fourth-order valence-electron chi connectivity index (χ4n) is 1.82. The minimum Gasteiger partial charge on any atom is -0.261 e. The van der Waals surface area contributed by atoms with Crippen LogP contribution in [0.5, 0.6) is 0 Å². The number of fused-ring (bicyclic) bond motifs is 1. The third-order valence-electron chi connectivity index (χ3n) is 2.76. The minimum absolute atomic E-state index is 0.193. The molecular formula is C11H12N2. The lowest BCUT2D eigenvalue weighted by Crippen LogP contribution is -2.24. The zero-order valence-electron chi connectivity index (χ0n) is 7.75. The van der Waals surface area contributed by atoms with Crippen LogP contribution in [-0.4, -0.2) is 4.98 Å². The topological polar surface area (TPSA) is 36.7 Å². The molecule has 0 fully saturated rings. The summed E-state index contributed by atoms with van der Waals surface area (Å²) in [5, 5.41) is 9.00. The Labute approximate surface area is 78.2 Å². The molecule has 1 atom stereocenters. The summed E-state index contributed by atoms with van der Waals surface area (Å²) in [6.07, 6.45) is 4.57. The molecule has 1 aromatic rings. The quantitative estimate of drug-likeness (QED) is 0.601. The second-order valence-electron chi connectivity index (χ2n) is 3.96. The van der Waals surface area contributed by atoms with E-state index in [4.69, 9.17) is 5.26 Å². The molecular weight excluding hydrogens is 160 g/mol. The van der Waals surface area contributed by atoms with Gasteiger partial charge in [-0.25, -0.2) is 0 Å². The first-order valence-electron chi connectivity index (χ1n) is 4.57. The van der Waals surface area contributed by atoms with Crippen LogP contribution in [0.25, 0.3) is 0 Å². The fourth-order valence-corrected chi connectivity index (χ4v) is 1.82. The van der Waals surface area contributed by atoms with Gasteiger partial charge in [0.1, 0.15) is 0 Å². The number of nitrogens with zero attached hydrogens (tertiary/aromatic N) is 2. The van der Waals surface area contributed by atoms with E-state index in [1.54, 1.807) is 0 Å². The second kappa shape index (κ2) is 2.85. The molecule has 0 N–H and O–H groups in total. The first-order valence-corrected chi connectivity index (χ1v) is 4.57. The van der Waals surface area contributed by atoms with Gasteiger partial charge in [0.25, 0.3) is 0 Å². The summed E-state index contributed by atoms with van der Waals surface area (Å²) in [6, 6.07) is 6.46. The van der Waals surface area contributed by atoms with Crippen molar-refractivity contribution in [2.75, 3.05) is 0 Å². The van der Waals surface area contributed by atoms with Gasteiger partial charge in [0.15, 0.2) is 0 Å². The molecule has 0 amide bonds. The lowest BCUT2D eigenvalue weighted by atomic mass is 9.76. The predicted octanol–water partition coefficient (Wildman–Crippen LogP) is 2.10. The van der Waals surface area contributed by atoms with Gasteiger partial charge in [-0.1, -0.05) is 6.07 Å². The van der Waals surface area contributed by atoms with Gasteiger partial charge in [0.05, 0.1) is 11.5 Å². The van der Waals surface area contributed by atoms with Crippen LogP contribution in [0.15, 0.2) is 18.3 Å². The lowest BCUT2D eigenvalue weighted by molar-refractivity contribution is 0.375. The van der Waals surface area contributed by atoms with Crippen molar-refractivity contribution in [3.8, 4) is 6.07 Å². The molecule has 1 aromatic heterocycles. The molecule has 0 radical (unpaired) electrons. The monoisotopic (exact) mass is 172 g/mol. The molecule has 2 heteroatoms. The van der Waals surface area contributed by atoms with Crippen molar-refractivity contribution in [2.24, 2.45) is 5.41 Å². The van der Waals surface area contributed by atoms with Gasteiger partial charge in [0, 0.05) is 18.3 Å². The number of hydrogen-bond donors (Lipinski definition) is 0. The molecule has 66 valence electrons. The van der Waals surface area contributed by atoms with Crippen molar-refractivity contribution in [2.45, 2.75) is 26.2 Å². The number of nitriles is 1. The smallest absolute Gasteiger partial charge is 0.0691 e. The Morgan fingerprint density at radius 1 is 1.62 bits per heavy atom. The number of pyridine rings is 1. The van der Waals surface area contributed by atoms with Crippen LogP contribution in [0.3, 0.4) is 0 Å². The predicted molar refractivity (Wildman–Crippen MR) is 50.0 cm³/mol. The molecule has 0 aromatic carbocycles. The summed E-state index contributed by atoms with van der Waals surface area (Å²) in [5.74, 6) is 0. The fraction of sp³-hybridized carbons (Fsp3) is 0.455. The van der Waals surface area contributed by atoms with E-state index in [1.807, 2.05) is 19.2 Å². The van der Waals surface area contributed by atoms with E-state index in [9.17, 15) is 0 Å². The van der Waals surface area contributed by atoms with Crippen LogP contribution in [0.2, 0.25) is 0 Å². The standard InChI is InChI=1S/C11H12N2/c1-11(8-12)5-4-9-3-2-6-13-10(9)7-11/h2-3,6H,4-5,7H2,1H3. The number of rotatable bonds is 0. The Bertz CT molecular complexity index is 365. The van der Waals surface area contributed by atoms with Crippen LogP contribution in [0.4, 0.5) is 0 Å². The normalized spacial score (nSPS) is 26.2. The molecule has 0 bridgehead atoms. The van der Waals surface area contributed by atoms with Gasteiger partial charge in [0.2, 0.25) is 0 Å². The van der Waals surface area contributed by atoms with E-state index in [0.717, 1.165) is 25.0 Å². The molecule has 2 nitrogen and oxygen atoms in total. The highest BCUT2D eigenvalue weighted by atomic mass is 14.7. The maximum absolute atomic E-state index is 9.00. The molecule has 0 spiro atoms. The summed E-state index contributed by atoms with van der Waals surface area (Å²) >= 11 is 0. The molecule has 1 aliphatic rings. The lowest BCUT2D eigenvalue weighted by Gasteiger charge is -2.27. The summed E-state index contributed by atoms with van der Waals surface area (Å²) < 4.78 is 0. The molecule has 2 rings (SSSR count). The van der Waals surface area contributed by atoms with E-state index in [2.05, 4.69) is 17.1 Å². The maximum Gasteiger partial charge on any atom is 0.0691 e. The van der Waals surface area contributed by atoms with Crippen molar-refractivity contribution in [1.82, 2.24) is 4.98 Å². The Morgan fingerprint density at radius 3 is 3.23 bits per heavy atom. The zero-order valence-corrected chi connectivity index (χ0v) is 7.75. The summed E-state index contributed by atoms with van der Waals surface area (Å²) in [5.41, 5.74) is 2.23. The van der Waals surface area contributed by atoms with Crippen LogP contribution < -0.4 is 0 Å². The van der Waals surface area contributed by atoms with E-state index >= 15 is 0 Å². The van der Waals surface area contributed by atoms with Gasteiger partial charge in [-0.05, 0) is 31.4 Å². The van der Waals surface area contributed by atoms with Gasteiger partial charge >= 0.3 is 0 Å². The van der Waals surface area contributed by atoms with Gasteiger partial charge < -0.3 is 0 Å². The van der Waals surface area contributed by atoms with Crippen molar-refractivity contribution < 1.29 is 0 Å². The molecule has 0 saturated carbocycles. The second-order valence-corrected chi connectivity index (χ2v) is 3.96. The van der Waals surface area contributed by atoms with Crippen molar-refractivity contribution in [3.63, 3.8) is 0 Å². The molecule has 1 aliphatic carbocycles. The van der Waals surface area contributed by atoms with E-state index in [1.165, 1.54) is 5.56 Å². The van der Waals surface area contributed by atoms with Crippen LogP contribution >= 0.6 is 0 Å². The van der Waals surface area contributed by atoms with Crippen molar-refractivity contribution >= 4 is 0 Å². The van der Waals surface area contributed by atoms with E-state index < -0.39 is 0 Å². The van der Waals surface area contributed by atoms with Crippen molar-refractivity contribution in [3.05, 3.63) is 29.6 Å². The summed E-state index contributed by atoms with van der Waals surface area (Å²) in [4.78, 5) is 4.31. The van der Waals surface area contributed by atoms with E-state index in [0.29, 0.717) is 0 Å². The zero-order chi connectivity index (χ0) is 9.31. The molecule has 0 saturated heterocycles. The number of aryl methyl sites for hydroxylation is 1. The average molecular weight is 172 g/mol. The van der Waals surface area contributed by atoms with Crippen molar-refractivity contribution in [1.29, 1.82) is 5.26 Å². The Balaban J connectivity index is 2.36. The molecule has 1 unspecified atom stereocenters. The van der Waals surface area contributed by atoms with Crippen LogP contribution in [0, 0.1) is 16.7 Å². The van der Waals surface area contributed by atoms with E-state index in [-0.39, 0.29) is 5.41 Å². The highest BCUT2D eigenvalue weighted by molar-refractivity contribution is 5.26. The largest absolute Gasteiger partial charge is 0.261 e. The Morgan fingerprint density at radius 2 is 2.46 bits per heavy atom. The first kappa shape index (κ1) is 8.25. The third kappa shape index (κ3) is 1.42. The minimum atomic E-state index is -0.193. The third-order valence-corrected chi connectivity index (χ3v) is 2.76. The first-order chi connectivity index (χ1) is 6.23. The summed E-state index contributed by atoms with van der Waals surface area (Å²) in [7, 11) is 0. The maximum atomic E-state index is 9.00. The Kier molecular flexibility index (Phi) is 1.81. The number of hydrogen-bond acceptors (Lipinski definition) is 2. The number of aromatic nitrogens is 1. The SMILES string of the molecule is CC1(C#N)CCc2cccnc2C1. The van der Waals surface area contributed by atoms with Crippen LogP contribution in [0.1, 0.15) is 24.6 Å². The highest BCUT2D eigenvalue weighted by Gasteiger charge is 2.30. The van der Waals surface area contributed by atoms with Gasteiger partial charge in [-0.15, -0.1) is 0 Å². The summed E-state index contributed by atoms with van der Waals surface area (Å²) in [6.45, 7) is 2.02. The molecule has 1 heterocycles. The van der Waals surface area contributed by atoms with Crippen LogP contribution in [-0.2, 0) is 12.8 Å². The average Bonchev–Trinajstić information content (AvgIpc) is 2.18. The van der Waals surface area contributed by atoms with Gasteiger partial charge in [-0.2, -0.15) is 5.26 Å². The highest BCUT2D eigenvalue weighted by Crippen LogP contribution is 2.33. The molecule has 13 heavy (non-hydrogen) atoms. The van der Waals surface area contributed by atoms with Gasteiger partial charge in [-0.3, -0.25) is 4.98 Å². The Hall–Kier alpha value is -1.36.